The van der Waals surface area contributed by atoms with Gasteiger partial charge in [-0.2, -0.15) is 0 Å². The third kappa shape index (κ3) is 3.90. The number of hydrogen-bond donors (Lipinski definition) is 0. The third-order valence-corrected chi connectivity index (χ3v) is 5.53. The van der Waals surface area contributed by atoms with Crippen LogP contribution in [0.15, 0.2) is 54.2 Å². The molecule has 0 bridgehead atoms. The Morgan fingerprint density at radius 1 is 1.17 bits per heavy atom. The van der Waals surface area contributed by atoms with E-state index in [4.69, 9.17) is 14.2 Å². The molecule has 0 saturated carbocycles. The number of ether oxygens (including phenoxy) is 3. The second-order valence-corrected chi connectivity index (χ2v) is 7.37. The molecular weight excluding hydrogens is 382 g/mol. The first-order valence-electron chi connectivity index (χ1n) is 10.2. The standard InChI is InChI=1S/C24H25NO5/c1-3-29-24(27)19-14-25-10-9-17-11-23(30-15-16-7-5-4-6-8-16)22(28-2)12-18(17)20(25)13-21(19)26/h4-8,11-12,14,20H,3,9-10,13,15H2,1-2H3. The average molecular weight is 407 g/mol. The number of Topliss-reactive ketones (excluding diaryl/α,β-unsaturated/α-hetero) is 1. The number of methoxy groups -OCH3 is 1. The van der Waals surface area contributed by atoms with Gasteiger partial charge >= 0.3 is 5.97 Å². The number of benzene rings is 2. The van der Waals surface area contributed by atoms with E-state index in [-0.39, 0.29) is 30.4 Å². The summed E-state index contributed by atoms with van der Waals surface area (Å²) in [5.74, 6) is 0.595. The second-order valence-electron chi connectivity index (χ2n) is 7.37. The van der Waals surface area contributed by atoms with Gasteiger partial charge in [0.25, 0.3) is 0 Å². The van der Waals surface area contributed by atoms with Crippen molar-refractivity contribution in [3.05, 3.63) is 70.9 Å². The average Bonchev–Trinajstić information content (AvgIpc) is 2.77. The molecule has 2 aromatic carbocycles. The molecule has 0 aliphatic carbocycles. The fourth-order valence-corrected chi connectivity index (χ4v) is 4.02. The van der Waals surface area contributed by atoms with E-state index in [9.17, 15) is 9.59 Å². The van der Waals surface area contributed by atoms with Gasteiger partial charge in [-0.25, -0.2) is 4.79 Å². The molecule has 1 unspecified atom stereocenters. The first-order valence-corrected chi connectivity index (χ1v) is 10.2. The van der Waals surface area contributed by atoms with Gasteiger partial charge in [-0.05, 0) is 42.2 Å². The molecule has 0 saturated heterocycles. The minimum atomic E-state index is -0.547. The van der Waals surface area contributed by atoms with E-state index in [1.165, 1.54) is 0 Å². The van der Waals surface area contributed by atoms with Crippen molar-refractivity contribution in [1.29, 1.82) is 0 Å². The molecule has 0 radical (unpaired) electrons. The van der Waals surface area contributed by atoms with Crippen LogP contribution in [0, 0.1) is 0 Å². The first-order chi connectivity index (χ1) is 14.6. The Balaban J connectivity index is 1.59. The molecule has 6 heteroatoms. The Hall–Kier alpha value is -3.28. The zero-order chi connectivity index (χ0) is 21.1. The summed E-state index contributed by atoms with van der Waals surface area (Å²) in [7, 11) is 1.61. The number of hydrogen-bond acceptors (Lipinski definition) is 6. The molecular formula is C24H25NO5. The molecule has 0 amide bonds. The van der Waals surface area contributed by atoms with Gasteiger partial charge in [-0.3, -0.25) is 4.79 Å². The van der Waals surface area contributed by atoms with Crippen LogP contribution in [-0.2, 0) is 27.4 Å². The molecule has 1 atom stereocenters. The second kappa shape index (κ2) is 8.61. The summed E-state index contributed by atoms with van der Waals surface area (Å²) in [6, 6.07) is 13.8. The lowest BCUT2D eigenvalue weighted by atomic mass is 9.86. The van der Waals surface area contributed by atoms with E-state index in [1.54, 1.807) is 20.2 Å². The van der Waals surface area contributed by atoms with E-state index >= 15 is 0 Å². The van der Waals surface area contributed by atoms with E-state index in [2.05, 4.69) is 4.90 Å². The number of carbonyl (C=O) groups is 2. The van der Waals surface area contributed by atoms with Gasteiger partial charge in [0, 0.05) is 19.2 Å². The minimum absolute atomic E-state index is 0.114. The summed E-state index contributed by atoms with van der Waals surface area (Å²) in [6.07, 6.45) is 2.69. The van der Waals surface area contributed by atoms with Crippen molar-refractivity contribution >= 4 is 11.8 Å². The van der Waals surface area contributed by atoms with Gasteiger partial charge in [-0.1, -0.05) is 30.3 Å². The van der Waals surface area contributed by atoms with Gasteiger partial charge < -0.3 is 19.1 Å². The Morgan fingerprint density at radius 3 is 2.70 bits per heavy atom. The monoisotopic (exact) mass is 407 g/mol. The Bertz CT molecular complexity index is 983. The van der Waals surface area contributed by atoms with Crippen molar-refractivity contribution in [1.82, 2.24) is 4.90 Å². The van der Waals surface area contributed by atoms with Gasteiger partial charge in [0.05, 0.1) is 19.8 Å². The Morgan fingerprint density at radius 2 is 1.97 bits per heavy atom. The maximum Gasteiger partial charge on any atom is 0.343 e. The normalized spacial score (nSPS) is 17.5. The van der Waals surface area contributed by atoms with Crippen molar-refractivity contribution in [3.63, 3.8) is 0 Å². The van der Waals surface area contributed by atoms with Crippen LogP contribution in [0.4, 0.5) is 0 Å². The van der Waals surface area contributed by atoms with Crippen LogP contribution in [0.3, 0.4) is 0 Å². The molecule has 156 valence electrons. The molecule has 2 aliphatic rings. The number of esters is 1. The van der Waals surface area contributed by atoms with Crippen LogP contribution in [0.1, 0.15) is 36.1 Å². The first kappa shape index (κ1) is 20.0. The highest BCUT2D eigenvalue weighted by molar-refractivity contribution is 6.17. The van der Waals surface area contributed by atoms with Crippen molar-refractivity contribution < 1.29 is 23.8 Å². The van der Waals surface area contributed by atoms with Crippen molar-refractivity contribution in [2.45, 2.75) is 32.4 Å². The predicted molar refractivity (Wildman–Crippen MR) is 111 cm³/mol. The molecule has 2 aliphatic heterocycles. The number of ketones is 1. The smallest absolute Gasteiger partial charge is 0.343 e. The highest BCUT2D eigenvalue weighted by Crippen LogP contribution is 2.42. The zero-order valence-corrected chi connectivity index (χ0v) is 17.2. The number of nitrogens with zero attached hydrogens (tertiary/aromatic N) is 1. The molecule has 0 spiro atoms. The van der Waals surface area contributed by atoms with E-state index < -0.39 is 5.97 Å². The lowest BCUT2D eigenvalue weighted by Crippen LogP contribution is -2.38. The van der Waals surface area contributed by atoms with E-state index in [1.807, 2.05) is 42.5 Å². The molecule has 0 aromatic heterocycles. The lowest BCUT2D eigenvalue weighted by Gasteiger charge is -2.39. The van der Waals surface area contributed by atoms with Crippen LogP contribution >= 0.6 is 0 Å². The largest absolute Gasteiger partial charge is 0.493 e. The molecule has 2 aromatic rings. The number of fused-ring (bicyclic) bond motifs is 3. The van der Waals surface area contributed by atoms with Crippen LogP contribution in [0.25, 0.3) is 0 Å². The van der Waals surface area contributed by atoms with Gasteiger partial charge in [0.2, 0.25) is 0 Å². The summed E-state index contributed by atoms with van der Waals surface area (Å²) < 4.78 is 16.6. The highest BCUT2D eigenvalue weighted by Gasteiger charge is 2.36. The molecule has 4 rings (SSSR count). The molecule has 6 nitrogen and oxygen atoms in total. The maximum atomic E-state index is 12.6. The van der Waals surface area contributed by atoms with Crippen molar-refractivity contribution in [2.75, 3.05) is 20.3 Å². The Kier molecular flexibility index (Phi) is 5.74. The molecule has 0 fully saturated rings. The summed E-state index contributed by atoms with van der Waals surface area (Å²) in [4.78, 5) is 26.7. The fourth-order valence-electron chi connectivity index (χ4n) is 4.02. The Labute approximate surface area is 176 Å². The van der Waals surface area contributed by atoms with Crippen LogP contribution in [-0.4, -0.2) is 36.9 Å². The van der Waals surface area contributed by atoms with Crippen LogP contribution < -0.4 is 9.47 Å². The van der Waals surface area contributed by atoms with Crippen LogP contribution in [0.5, 0.6) is 11.5 Å². The summed E-state index contributed by atoms with van der Waals surface area (Å²) in [5.41, 5.74) is 3.39. The van der Waals surface area contributed by atoms with E-state index in [0.717, 1.165) is 29.7 Å². The quantitative estimate of drug-likeness (QED) is 0.539. The van der Waals surface area contributed by atoms with Crippen molar-refractivity contribution in [2.24, 2.45) is 0 Å². The van der Waals surface area contributed by atoms with Gasteiger partial charge in [-0.15, -0.1) is 0 Å². The fraction of sp³-hybridized carbons (Fsp3) is 0.333. The summed E-state index contributed by atoms with van der Waals surface area (Å²) in [6.45, 7) is 3.15. The number of carbonyl (C=O) groups excluding carboxylic acids is 2. The van der Waals surface area contributed by atoms with E-state index in [0.29, 0.717) is 18.1 Å². The molecule has 2 heterocycles. The highest BCUT2D eigenvalue weighted by atomic mass is 16.5. The predicted octanol–water partition coefficient (Wildman–Crippen LogP) is 3.59. The molecule has 0 N–H and O–H groups in total. The third-order valence-electron chi connectivity index (χ3n) is 5.53. The number of rotatable bonds is 6. The maximum absolute atomic E-state index is 12.6. The topological polar surface area (TPSA) is 65.1 Å². The van der Waals surface area contributed by atoms with Crippen LogP contribution in [0.2, 0.25) is 0 Å². The summed E-state index contributed by atoms with van der Waals surface area (Å²) in [5, 5.41) is 0. The summed E-state index contributed by atoms with van der Waals surface area (Å²) >= 11 is 0. The van der Waals surface area contributed by atoms with Crippen molar-refractivity contribution in [3.8, 4) is 11.5 Å². The SMILES string of the molecule is CCOC(=O)C1=CN2CCc3cc(OCc4ccccc4)c(OC)cc3C2CC1=O. The molecule has 30 heavy (non-hydrogen) atoms. The van der Waals surface area contributed by atoms with Gasteiger partial charge in [0.15, 0.2) is 17.3 Å². The minimum Gasteiger partial charge on any atom is -0.493 e. The van der Waals surface area contributed by atoms with Gasteiger partial charge in [0.1, 0.15) is 12.2 Å². The lowest BCUT2D eigenvalue weighted by molar-refractivity contribution is -0.140. The zero-order valence-electron chi connectivity index (χ0n) is 17.2.